The lowest BCUT2D eigenvalue weighted by Crippen LogP contribution is -2.38. The maximum Gasteiger partial charge on any atom is 0.214 e. The highest BCUT2D eigenvalue weighted by Crippen LogP contribution is 2.42. The van der Waals surface area contributed by atoms with Crippen LogP contribution in [0.15, 0.2) is 91.0 Å². The molecule has 2 aromatic heterocycles. The van der Waals surface area contributed by atoms with E-state index >= 15 is 0 Å². The lowest BCUT2D eigenvalue weighted by Gasteiger charge is -2.17. The molecule has 0 radical (unpaired) electrons. The van der Waals surface area contributed by atoms with Gasteiger partial charge in [-0.25, -0.2) is 0 Å². The van der Waals surface area contributed by atoms with Crippen molar-refractivity contribution in [1.29, 1.82) is 0 Å². The predicted molar refractivity (Wildman–Crippen MR) is 157 cm³/mol. The third-order valence-electron chi connectivity index (χ3n) is 7.25. The molecule has 0 unspecified atom stereocenters. The van der Waals surface area contributed by atoms with Gasteiger partial charge in [0.15, 0.2) is 0 Å². The molecule has 0 aliphatic heterocycles. The van der Waals surface area contributed by atoms with Gasteiger partial charge in [-0.05, 0) is 41.8 Å². The zero-order valence-electron chi connectivity index (χ0n) is 21.0. The Morgan fingerprint density at radius 1 is 0.714 bits per heavy atom. The molecule has 6 rings (SSSR count). The van der Waals surface area contributed by atoms with Gasteiger partial charge in [0.05, 0.1) is 13.6 Å². The summed E-state index contributed by atoms with van der Waals surface area (Å²) in [5, 5.41) is 5.52. The number of thiophene rings is 1. The fraction of sp³-hybridized carbons (Fsp3) is 0.156. The lowest BCUT2D eigenvalue weighted by atomic mass is 9.99. The Bertz CT molecular complexity index is 1740. The van der Waals surface area contributed by atoms with E-state index in [4.69, 9.17) is 0 Å². The van der Waals surface area contributed by atoms with E-state index in [0.29, 0.717) is 0 Å². The minimum Gasteiger partial charge on any atom is -0.194 e. The Labute approximate surface area is 212 Å². The van der Waals surface area contributed by atoms with Gasteiger partial charge in [-0.3, -0.25) is 0 Å². The number of hydrogen-bond acceptors (Lipinski definition) is 1. The van der Waals surface area contributed by atoms with Crippen molar-refractivity contribution >= 4 is 55.7 Å². The third kappa shape index (κ3) is 3.71. The van der Waals surface area contributed by atoms with Gasteiger partial charge in [0, 0.05) is 37.7 Å². The van der Waals surface area contributed by atoms with Crippen molar-refractivity contribution in [1.82, 2.24) is 0 Å². The van der Waals surface area contributed by atoms with Crippen LogP contribution in [0.2, 0.25) is 19.6 Å². The molecule has 0 saturated heterocycles. The molecule has 35 heavy (non-hydrogen) atoms. The Morgan fingerprint density at radius 3 is 2.26 bits per heavy atom. The SMILES string of the molecule is Cc1ccc2c(sc3cc(-c4ccccc4)ccc32)c1-c1ccc2cc([Si](C)(C)C)ccc2[n+]1C. The summed E-state index contributed by atoms with van der Waals surface area (Å²) in [6, 6.07) is 33.9. The number of pyridine rings is 1. The van der Waals surface area contributed by atoms with Gasteiger partial charge in [0.1, 0.15) is 7.05 Å². The molecule has 0 N–H and O–H groups in total. The van der Waals surface area contributed by atoms with Crippen molar-refractivity contribution in [2.45, 2.75) is 26.6 Å². The third-order valence-corrected chi connectivity index (χ3v) is 10.5. The standard InChI is InChI=1S/C32H30NSSi/c1-21-11-15-27-26-16-12-23(22-9-7-6-8-10-22)20-30(26)34-32(27)31(21)29-17-13-24-19-25(35(3,4)5)14-18-28(24)33(29)2/h6-20H,1-5H3/q+1. The van der Waals surface area contributed by atoms with Crippen LogP contribution in [0.4, 0.5) is 0 Å². The molecule has 0 bridgehead atoms. The van der Waals surface area contributed by atoms with Crippen LogP contribution in [0, 0.1) is 6.92 Å². The quantitative estimate of drug-likeness (QED) is 0.174. The van der Waals surface area contributed by atoms with E-state index < -0.39 is 8.07 Å². The minimum atomic E-state index is -1.35. The lowest BCUT2D eigenvalue weighted by molar-refractivity contribution is -0.633. The van der Waals surface area contributed by atoms with E-state index in [1.807, 2.05) is 11.3 Å². The van der Waals surface area contributed by atoms with Crippen molar-refractivity contribution in [3.05, 3.63) is 96.6 Å². The Balaban J connectivity index is 1.57. The highest BCUT2D eigenvalue weighted by atomic mass is 32.1. The average molecular weight is 489 g/mol. The molecule has 6 aromatic rings. The topological polar surface area (TPSA) is 3.88 Å². The Morgan fingerprint density at radius 2 is 1.49 bits per heavy atom. The molecule has 0 aliphatic rings. The summed E-state index contributed by atoms with van der Waals surface area (Å²) >= 11 is 1.92. The average Bonchev–Trinajstić information content (AvgIpc) is 3.22. The molecule has 0 atom stereocenters. The van der Waals surface area contributed by atoms with Gasteiger partial charge in [0.2, 0.25) is 11.2 Å². The zero-order chi connectivity index (χ0) is 24.3. The van der Waals surface area contributed by atoms with Crippen LogP contribution in [0.1, 0.15) is 5.56 Å². The summed E-state index contributed by atoms with van der Waals surface area (Å²) in [6.07, 6.45) is 0. The first-order valence-corrected chi connectivity index (χ1v) is 16.6. The van der Waals surface area contributed by atoms with Gasteiger partial charge >= 0.3 is 0 Å². The number of rotatable bonds is 3. The molecule has 0 aliphatic carbocycles. The van der Waals surface area contributed by atoms with E-state index in [1.165, 1.54) is 64.2 Å². The molecule has 0 fully saturated rings. The van der Waals surface area contributed by atoms with Gasteiger partial charge in [-0.1, -0.05) is 85.5 Å². The Kier molecular flexibility index (Phi) is 5.17. The summed E-state index contributed by atoms with van der Waals surface area (Å²) in [5.74, 6) is 0. The second-order valence-electron chi connectivity index (χ2n) is 10.6. The molecule has 1 nitrogen and oxygen atoms in total. The summed E-state index contributed by atoms with van der Waals surface area (Å²) in [4.78, 5) is 0. The maximum absolute atomic E-state index is 2.41. The van der Waals surface area contributed by atoms with Crippen molar-refractivity contribution in [2.24, 2.45) is 7.05 Å². The fourth-order valence-electron chi connectivity index (χ4n) is 5.19. The van der Waals surface area contributed by atoms with Crippen LogP contribution in [0.5, 0.6) is 0 Å². The monoisotopic (exact) mass is 488 g/mol. The van der Waals surface area contributed by atoms with E-state index in [0.717, 1.165) is 0 Å². The minimum absolute atomic E-state index is 1.27. The van der Waals surface area contributed by atoms with Gasteiger partial charge in [0.25, 0.3) is 0 Å². The van der Waals surface area contributed by atoms with E-state index in [1.54, 1.807) is 0 Å². The van der Waals surface area contributed by atoms with Crippen LogP contribution in [-0.2, 0) is 7.05 Å². The predicted octanol–water partition coefficient (Wildman–Crippen LogP) is 8.22. The van der Waals surface area contributed by atoms with Crippen LogP contribution in [0.25, 0.3) is 53.5 Å². The first-order chi connectivity index (χ1) is 16.8. The summed E-state index contributed by atoms with van der Waals surface area (Å²) in [5.41, 5.74) is 7.77. The second-order valence-corrected chi connectivity index (χ2v) is 16.7. The maximum atomic E-state index is 2.41. The van der Waals surface area contributed by atoms with Crippen molar-refractivity contribution in [3.63, 3.8) is 0 Å². The number of benzene rings is 4. The zero-order valence-corrected chi connectivity index (χ0v) is 22.8. The van der Waals surface area contributed by atoms with Gasteiger partial charge in [-0.15, -0.1) is 11.3 Å². The van der Waals surface area contributed by atoms with Crippen molar-refractivity contribution < 1.29 is 4.57 Å². The molecule has 0 spiro atoms. The van der Waals surface area contributed by atoms with Crippen LogP contribution in [0.3, 0.4) is 0 Å². The molecule has 0 amide bonds. The van der Waals surface area contributed by atoms with Crippen molar-refractivity contribution in [2.75, 3.05) is 0 Å². The second kappa shape index (κ2) is 8.15. The summed E-state index contributed by atoms with van der Waals surface area (Å²) < 4.78 is 5.10. The fourth-order valence-corrected chi connectivity index (χ4v) is 7.71. The normalized spacial score (nSPS) is 12.1. The number of hydrogen-bond donors (Lipinski definition) is 0. The summed E-state index contributed by atoms with van der Waals surface area (Å²) in [7, 11) is 0.867. The number of aryl methyl sites for hydroxylation is 2. The smallest absolute Gasteiger partial charge is 0.194 e. The molecule has 3 heteroatoms. The van der Waals surface area contributed by atoms with E-state index in [-0.39, 0.29) is 0 Å². The molecular weight excluding hydrogens is 459 g/mol. The van der Waals surface area contributed by atoms with Crippen LogP contribution >= 0.6 is 11.3 Å². The van der Waals surface area contributed by atoms with E-state index in [2.05, 4.69) is 129 Å². The molecule has 0 saturated carbocycles. The first kappa shape index (κ1) is 22.2. The summed E-state index contributed by atoms with van der Waals surface area (Å²) in [6.45, 7) is 9.48. The number of fused-ring (bicyclic) bond motifs is 4. The van der Waals surface area contributed by atoms with Gasteiger partial charge in [-0.2, -0.15) is 4.57 Å². The van der Waals surface area contributed by atoms with Crippen molar-refractivity contribution in [3.8, 4) is 22.4 Å². The highest BCUT2D eigenvalue weighted by molar-refractivity contribution is 7.26. The van der Waals surface area contributed by atoms with Gasteiger partial charge < -0.3 is 0 Å². The molecule has 172 valence electrons. The van der Waals surface area contributed by atoms with Crippen LogP contribution < -0.4 is 9.75 Å². The number of nitrogens with zero attached hydrogens (tertiary/aromatic N) is 1. The molecule has 2 heterocycles. The largest absolute Gasteiger partial charge is 0.214 e. The highest BCUT2D eigenvalue weighted by Gasteiger charge is 2.23. The number of aromatic nitrogens is 1. The first-order valence-electron chi connectivity index (χ1n) is 12.3. The van der Waals surface area contributed by atoms with E-state index in [9.17, 15) is 0 Å². The molecular formula is C32H30NSSi+. The van der Waals surface area contributed by atoms with Crippen LogP contribution in [-0.4, -0.2) is 8.07 Å². The molecule has 4 aromatic carbocycles. The Hall–Kier alpha value is -3.27.